The van der Waals surface area contributed by atoms with E-state index in [1.165, 1.54) is 0 Å². The normalized spacial score (nSPS) is 11.6. The van der Waals surface area contributed by atoms with Crippen LogP contribution < -0.4 is 0 Å². The average Bonchev–Trinajstić information content (AvgIpc) is 2.70. The van der Waals surface area contributed by atoms with Crippen LogP contribution in [0.3, 0.4) is 0 Å². The molecule has 0 saturated carbocycles. The Bertz CT molecular complexity index is 1050. The Labute approximate surface area is 174 Å². The van der Waals surface area contributed by atoms with Crippen LogP contribution in [0.5, 0.6) is 0 Å². The smallest absolute Gasteiger partial charge is 0.0998 e. The average molecular weight is 401 g/mol. The third-order valence-electron chi connectivity index (χ3n) is 4.07. The molecule has 0 saturated heterocycles. The summed E-state index contributed by atoms with van der Waals surface area (Å²) in [5.74, 6) is 0. The maximum absolute atomic E-state index is 9.53. The van der Waals surface area contributed by atoms with Gasteiger partial charge in [-0.15, -0.1) is 0 Å². The highest BCUT2D eigenvalue weighted by molar-refractivity contribution is 6.31. The quantitative estimate of drug-likeness (QED) is 0.345. The highest BCUT2D eigenvalue weighted by Gasteiger charge is 2.05. The largest absolute Gasteiger partial charge is 0.192 e. The summed E-state index contributed by atoms with van der Waals surface area (Å²) in [7, 11) is 0. The zero-order valence-electron chi connectivity index (χ0n) is 14.7. The second kappa shape index (κ2) is 9.07. The van der Waals surface area contributed by atoms with Crippen LogP contribution in [0.15, 0.2) is 72.8 Å². The predicted octanol–water partition coefficient (Wildman–Crippen LogP) is 7.12. The van der Waals surface area contributed by atoms with Crippen LogP contribution in [0, 0.1) is 22.7 Å². The summed E-state index contributed by atoms with van der Waals surface area (Å²) in [6.45, 7) is 0. The van der Waals surface area contributed by atoms with Gasteiger partial charge in [0.1, 0.15) is 0 Å². The van der Waals surface area contributed by atoms with Gasteiger partial charge in [0.15, 0.2) is 0 Å². The summed E-state index contributed by atoms with van der Waals surface area (Å²) in [6.07, 6.45) is 3.57. The van der Waals surface area contributed by atoms with Crippen LogP contribution in [0.25, 0.3) is 23.3 Å². The molecule has 0 aliphatic carbocycles. The van der Waals surface area contributed by atoms with Crippen molar-refractivity contribution in [2.45, 2.75) is 0 Å². The molecule has 0 aliphatic heterocycles. The van der Waals surface area contributed by atoms with Crippen molar-refractivity contribution >= 4 is 46.5 Å². The van der Waals surface area contributed by atoms with Gasteiger partial charge in [-0.3, -0.25) is 0 Å². The van der Waals surface area contributed by atoms with Gasteiger partial charge < -0.3 is 0 Å². The van der Waals surface area contributed by atoms with Gasteiger partial charge in [-0.25, -0.2) is 0 Å². The number of benzene rings is 3. The molecule has 3 rings (SSSR count). The summed E-state index contributed by atoms with van der Waals surface area (Å²) in [4.78, 5) is 0. The molecular formula is C24H14Cl2N2. The van der Waals surface area contributed by atoms with Crippen molar-refractivity contribution in [1.82, 2.24) is 0 Å². The van der Waals surface area contributed by atoms with Crippen LogP contribution >= 0.6 is 23.2 Å². The molecule has 28 heavy (non-hydrogen) atoms. The topological polar surface area (TPSA) is 47.6 Å². The number of halogens is 2. The zero-order chi connectivity index (χ0) is 19.9. The first-order chi connectivity index (χ1) is 13.6. The molecule has 0 amide bonds. The third-order valence-corrected chi connectivity index (χ3v) is 4.54. The lowest BCUT2D eigenvalue weighted by Gasteiger charge is -2.04. The van der Waals surface area contributed by atoms with E-state index in [1.54, 1.807) is 36.4 Å². The number of nitrogens with zero attached hydrogens (tertiary/aromatic N) is 2. The van der Waals surface area contributed by atoms with Crippen LogP contribution in [-0.2, 0) is 0 Å². The second-order valence-corrected chi connectivity index (χ2v) is 6.90. The molecule has 2 nitrogen and oxygen atoms in total. The monoisotopic (exact) mass is 400 g/mol. The first kappa shape index (κ1) is 19.5. The maximum Gasteiger partial charge on any atom is 0.0998 e. The number of allylic oxidation sites excluding steroid dienone is 2. The molecular weight excluding hydrogens is 387 g/mol. The standard InChI is InChI=1S/C24H14Cl2N2/c25-23-5-1-3-17(13-23)11-21(15-27)19-7-9-20(10-8-19)22(16-28)12-18-4-2-6-24(26)14-18/h1-14H/b21-11+,22-12+. The lowest BCUT2D eigenvalue weighted by Crippen LogP contribution is -1.86. The van der Waals surface area contributed by atoms with Crippen molar-refractivity contribution in [3.05, 3.63) is 105 Å². The summed E-state index contributed by atoms with van der Waals surface area (Å²) in [6, 6.07) is 26.4. The third kappa shape index (κ3) is 4.90. The van der Waals surface area contributed by atoms with Gasteiger partial charge in [-0.05, 0) is 58.7 Å². The number of hydrogen-bond donors (Lipinski definition) is 0. The van der Waals surface area contributed by atoms with E-state index in [4.69, 9.17) is 23.2 Å². The lowest BCUT2D eigenvalue weighted by atomic mass is 9.99. The highest BCUT2D eigenvalue weighted by Crippen LogP contribution is 2.24. The number of rotatable bonds is 4. The molecule has 0 aliphatic rings. The van der Waals surface area contributed by atoms with Crippen molar-refractivity contribution in [3.63, 3.8) is 0 Å². The van der Waals surface area contributed by atoms with Gasteiger partial charge in [0.25, 0.3) is 0 Å². The molecule has 0 fully saturated rings. The Morgan fingerprint density at radius 1 is 0.643 bits per heavy atom. The summed E-state index contributed by atoms with van der Waals surface area (Å²) >= 11 is 12.0. The molecule has 0 N–H and O–H groups in total. The Morgan fingerprint density at radius 3 is 1.36 bits per heavy atom. The van der Waals surface area contributed by atoms with Gasteiger partial charge in [0.2, 0.25) is 0 Å². The van der Waals surface area contributed by atoms with Gasteiger partial charge in [0.05, 0.1) is 23.3 Å². The fraction of sp³-hybridized carbons (Fsp3) is 0. The van der Waals surface area contributed by atoms with E-state index < -0.39 is 0 Å². The minimum atomic E-state index is 0.520. The van der Waals surface area contributed by atoms with E-state index in [9.17, 15) is 10.5 Å². The summed E-state index contributed by atoms with van der Waals surface area (Å²) < 4.78 is 0. The van der Waals surface area contributed by atoms with Crippen molar-refractivity contribution in [1.29, 1.82) is 10.5 Å². The fourth-order valence-electron chi connectivity index (χ4n) is 2.72. The maximum atomic E-state index is 9.53. The number of nitriles is 2. The molecule has 0 spiro atoms. The number of hydrogen-bond acceptors (Lipinski definition) is 2. The van der Waals surface area contributed by atoms with Gasteiger partial charge in [-0.2, -0.15) is 10.5 Å². The summed E-state index contributed by atoms with van der Waals surface area (Å²) in [5, 5.41) is 20.3. The van der Waals surface area contributed by atoms with E-state index in [-0.39, 0.29) is 0 Å². The molecule has 4 heteroatoms. The van der Waals surface area contributed by atoms with Crippen molar-refractivity contribution < 1.29 is 0 Å². The Kier molecular flexibility index (Phi) is 6.30. The molecule has 0 heterocycles. The van der Waals surface area contributed by atoms with Crippen LogP contribution in [0.2, 0.25) is 10.0 Å². The van der Waals surface area contributed by atoms with Crippen LogP contribution in [0.1, 0.15) is 22.3 Å². The van der Waals surface area contributed by atoms with Crippen LogP contribution in [-0.4, -0.2) is 0 Å². The molecule has 0 aromatic heterocycles. The molecule has 0 unspecified atom stereocenters. The van der Waals surface area contributed by atoms with Crippen molar-refractivity contribution in [3.8, 4) is 12.1 Å². The SMILES string of the molecule is N#C/C(=C\c1cccc(Cl)c1)c1ccc(/C(C#N)=C/c2cccc(Cl)c2)cc1. The minimum Gasteiger partial charge on any atom is -0.192 e. The van der Waals surface area contributed by atoms with Crippen molar-refractivity contribution in [2.24, 2.45) is 0 Å². The second-order valence-electron chi connectivity index (χ2n) is 6.03. The van der Waals surface area contributed by atoms with E-state index in [0.717, 1.165) is 22.3 Å². The molecule has 0 bridgehead atoms. The van der Waals surface area contributed by atoms with Gasteiger partial charge in [-0.1, -0.05) is 71.7 Å². The Morgan fingerprint density at radius 2 is 1.04 bits per heavy atom. The fourth-order valence-corrected chi connectivity index (χ4v) is 3.11. The van der Waals surface area contributed by atoms with Crippen molar-refractivity contribution in [2.75, 3.05) is 0 Å². The first-order valence-electron chi connectivity index (χ1n) is 8.44. The first-order valence-corrected chi connectivity index (χ1v) is 9.20. The van der Waals surface area contributed by atoms with Gasteiger partial charge in [0, 0.05) is 10.0 Å². The molecule has 134 valence electrons. The van der Waals surface area contributed by atoms with E-state index in [2.05, 4.69) is 12.1 Å². The van der Waals surface area contributed by atoms with E-state index in [1.807, 2.05) is 48.5 Å². The molecule has 0 atom stereocenters. The molecule has 3 aromatic rings. The Balaban J connectivity index is 1.91. The zero-order valence-corrected chi connectivity index (χ0v) is 16.2. The highest BCUT2D eigenvalue weighted by atomic mass is 35.5. The van der Waals surface area contributed by atoms with E-state index >= 15 is 0 Å². The lowest BCUT2D eigenvalue weighted by molar-refractivity contribution is 1.50. The molecule has 3 aromatic carbocycles. The predicted molar refractivity (Wildman–Crippen MR) is 116 cm³/mol. The van der Waals surface area contributed by atoms with Gasteiger partial charge >= 0.3 is 0 Å². The van der Waals surface area contributed by atoms with Crippen LogP contribution in [0.4, 0.5) is 0 Å². The molecule has 0 radical (unpaired) electrons. The Hall–Kier alpha value is -3.30. The van der Waals surface area contributed by atoms with E-state index in [0.29, 0.717) is 21.2 Å². The minimum absolute atomic E-state index is 0.520. The summed E-state index contributed by atoms with van der Waals surface area (Å²) in [5.41, 5.74) is 4.29.